The number of piperidine rings is 1. The third-order valence-corrected chi connectivity index (χ3v) is 17.9. The SMILES string of the molecule is C=CCOC(=O)[C@]1(C)[C@@H](N2CCC(F)(F)CC2)CC[C@@]2(C)[C@H]1CC[C@]1(C)[C@@H]2C(=O)C=C2[C@@H]3C[C@@](C)(C(=O)OC(c4ccccc4)c4ccccc4)CC[C@]3(C)CC[C@]21C. The van der Waals surface area contributed by atoms with Crippen LogP contribution in [-0.4, -0.2) is 54.3 Å². The third kappa shape index (κ3) is 6.59. The van der Waals surface area contributed by atoms with E-state index in [0.717, 1.165) is 56.1 Å². The maximum atomic E-state index is 15.2. The summed E-state index contributed by atoms with van der Waals surface area (Å²) < 4.78 is 41.3. The molecule has 0 aromatic heterocycles. The van der Waals surface area contributed by atoms with Gasteiger partial charge in [-0.2, -0.15) is 0 Å². The summed E-state index contributed by atoms with van der Waals surface area (Å²) in [5, 5.41) is 0. The van der Waals surface area contributed by atoms with Crippen LogP contribution in [0.2, 0.25) is 0 Å². The minimum absolute atomic E-state index is 0.0406. The van der Waals surface area contributed by atoms with Crippen molar-refractivity contribution < 1.29 is 32.6 Å². The summed E-state index contributed by atoms with van der Waals surface area (Å²) in [5.41, 5.74) is 0.110. The zero-order chi connectivity index (χ0) is 42.2. The fourth-order valence-corrected chi connectivity index (χ4v) is 14.2. The van der Waals surface area contributed by atoms with Gasteiger partial charge in [-0.15, -0.1) is 0 Å². The number of nitrogens with zero attached hydrogens (tertiary/aromatic N) is 1. The van der Waals surface area contributed by atoms with Crippen LogP contribution in [0, 0.1) is 50.2 Å². The predicted molar refractivity (Wildman–Crippen MR) is 225 cm³/mol. The highest BCUT2D eigenvalue weighted by Gasteiger charge is 2.72. The Balaban J connectivity index is 1.12. The van der Waals surface area contributed by atoms with Gasteiger partial charge in [-0.3, -0.25) is 19.3 Å². The Hall–Kier alpha value is -3.65. The number of alkyl halides is 2. The summed E-state index contributed by atoms with van der Waals surface area (Å²) >= 11 is 0. The van der Waals surface area contributed by atoms with Crippen molar-refractivity contribution in [2.24, 2.45) is 50.2 Å². The molecule has 10 atom stereocenters. The average molecular weight is 810 g/mol. The number of hydrogen-bond donors (Lipinski definition) is 0. The molecule has 0 unspecified atom stereocenters. The van der Waals surface area contributed by atoms with Gasteiger partial charge in [0.1, 0.15) is 6.61 Å². The molecule has 0 radical (unpaired) electrons. The maximum absolute atomic E-state index is 15.2. The molecule has 6 nitrogen and oxygen atoms in total. The minimum Gasteiger partial charge on any atom is -0.461 e. The summed E-state index contributed by atoms with van der Waals surface area (Å²) in [7, 11) is 0. The molecule has 1 heterocycles. The molecule has 0 spiro atoms. The van der Waals surface area contributed by atoms with Crippen molar-refractivity contribution in [1.82, 2.24) is 4.90 Å². The first-order valence-electron chi connectivity index (χ1n) is 22.3. The molecule has 1 aliphatic heterocycles. The lowest BCUT2D eigenvalue weighted by atomic mass is 9.33. The summed E-state index contributed by atoms with van der Waals surface area (Å²) in [4.78, 5) is 46.4. The molecular weight excluding hydrogens is 745 g/mol. The molecule has 1 saturated heterocycles. The monoisotopic (exact) mass is 809 g/mol. The van der Waals surface area contributed by atoms with E-state index >= 15 is 4.79 Å². The Morgan fingerprint density at radius 2 is 1.42 bits per heavy atom. The number of carbonyl (C=O) groups is 3. The van der Waals surface area contributed by atoms with Crippen LogP contribution in [0.4, 0.5) is 8.78 Å². The molecule has 0 amide bonds. The van der Waals surface area contributed by atoms with Crippen LogP contribution in [0.3, 0.4) is 0 Å². The summed E-state index contributed by atoms with van der Waals surface area (Å²) in [6, 6.07) is 19.6. The smallest absolute Gasteiger partial charge is 0.314 e. The third-order valence-electron chi connectivity index (χ3n) is 17.9. The van der Waals surface area contributed by atoms with Gasteiger partial charge in [0.05, 0.1) is 10.8 Å². The van der Waals surface area contributed by atoms with Crippen LogP contribution < -0.4 is 0 Å². The van der Waals surface area contributed by atoms with Crippen LogP contribution in [0.15, 0.2) is 85.0 Å². The second kappa shape index (κ2) is 14.8. The highest BCUT2D eigenvalue weighted by atomic mass is 19.3. The Kier molecular flexibility index (Phi) is 10.5. The molecule has 4 saturated carbocycles. The Bertz CT molecular complexity index is 1950. The highest BCUT2D eigenvalue weighted by Crippen LogP contribution is 2.75. The number of ketones is 1. The fourth-order valence-electron chi connectivity index (χ4n) is 14.2. The van der Waals surface area contributed by atoms with E-state index in [9.17, 15) is 18.4 Å². The zero-order valence-electron chi connectivity index (χ0n) is 36.2. The van der Waals surface area contributed by atoms with Gasteiger partial charge < -0.3 is 9.47 Å². The van der Waals surface area contributed by atoms with Gasteiger partial charge in [0, 0.05) is 37.9 Å². The molecule has 0 bridgehead atoms. The first kappa shape index (κ1) is 42.1. The number of carbonyl (C=O) groups excluding carboxylic acids is 3. The quantitative estimate of drug-likeness (QED) is 0.195. The number of rotatable bonds is 8. The van der Waals surface area contributed by atoms with Crippen LogP contribution in [0.25, 0.3) is 0 Å². The molecule has 59 heavy (non-hydrogen) atoms. The predicted octanol–water partition coefficient (Wildman–Crippen LogP) is 11.1. The van der Waals surface area contributed by atoms with Crippen molar-refractivity contribution >= 4 is 17.7 Å². The Morgan fingerprint density at radius 1 is 0.814 bits per heavy atom. The van der Waals surface area contributed by atoms with Crippen molar-refractivity contribution in [2.45, 2.75) is 130 Å². The first-order chi connectivity index (χ1) is 27.9. The average Bonchev–Trinajstić information content (AvgIpc) is 3.21. The number of benzene rings is 2. The normalized spacial score (nSPS) is 40.4. The number of hydrogen-bond acceptors (Lipinski definition) is 6. The molecule has 5 aliphatic carbocycles. The van der Waals surface area contributed by atoms with Gasteiger partial charge in [-0.1, -0.05) is 107 Å². The first-order valence-corrected chi connectivity index (χ1v) is 22.3. The molecule has 6 aliphatic rings. The van der Waals surface area contributed by atoms with E-state index in [1.165, 1.54) is 5.57 Å². The molecule has 0 N–H and O–H groups in total. The fraction of sp³-hybridized carbons (Fsp3) is 0.627. The summed E-state index contributed by atoms with van der Waals surface area (Å²) in [6.45, 7) is 17.8. The summed E-state index contributed by atoms with van der Waals surface area (Å²) in [5.74, 6) is -3.51. The van der Waals surface area contributed by atoms with E-state index in [1.807, 2.05) is 73.7 Å². The Morgan fingerprint density at radius 3 is 2.03 bits per heavy atom. The molecule has 5 fully saturated rings. The van der Waals surface area contributed by atoms with Crippen molar-refractivity contribution in [3.05, 3.63) is 96.1 Å². The van der Waals surface area contributed by atoms with Crippen molar-refractivity contribution in [3.8, 4) is 0 Å². The Labute approximate surface area is 350 Å². The zero-order valence-corrected chi connectivity index (χ0v) is 36.2. The molecule has 2 aromatic rings. The highest BCUT2D eigenvalue weighted by molar-refractivity contribution is 5.96. The van der Waals surface area contributed by atoms with Crippen molar-refractivity contribution in [2.75, 3.05) is 19.7 Å². The number of fused-ring (bicyclic) bond motifs is 7. The second-order valence-electron chi connectivity index (χ2n) is 21.0. The second-order valence-corrected chi connectivity index (χ2v) is 21.0. The van der Waals surface area contributed by atoms with E-state index in [-0.39, 0.29) is 90.3 Å². The van der Waals surface area contributed by atoms with Crippen LogP contribution >= 0.6 is 0 Å². The molecule has 318 valence electrons. The van der Waals surface area contributed by atoms with Gasteiger partial charge in [0.15, 0.2) is 11.9 Å². The van der Waals surface area contributed by atoms with Crippen molar-refractivity contribution in [1.29, 1.82) is 0 Å². The minimum atomic E-state index is -2.70. The lowest BCUT2D eigenvalue weighted by Crippen LogP contribution is -2.70. The van der Waals surface area contributed by atoms with Gasteiger partial charge >= 0.3 is 11.9 Å². The van der Waals surface area contributed by atoms with E-state index in [2.05, 4.69) is 46.1 Å². The number of halogens is 2. The largest absolute Gasteiger partial charge is 0.461 e. The molecular formula is C51H65F2NO5. The number of allylic oxidation sites excluding steroid dienone is 2. The lowest BCUT2D eigenvalue weighted by Gasteiger charge is -2.71. The van der Waals surface area contributed by atoms with Crippen LogP contribution in [0.5, 0.6) is 0 Å². The van der Waals surface area contributed by atoms with E-state index in [1.54, 1.807) is 6.08 Å². The van der Waals surface area contributed by atoms with E-state index in [4.69, 9.17) is 9.47 Å². The lowest BCUT2D eigenvalue weighted by molar-refractivity contribution is -0.213. The number of ether oxygens (including phenoxy) is 2. The standard InChI is InChI=1S/C51H65F2NO5/c1-8-31-58-44(57)50(7)39-19-22-49(6)42(47(39,4)21-20-40(50)54-29-27-51(52,53)28-30-54)38(55)32-36-37-33-46(3,24-23-45(37,2)25-26-48(36,49)5)43(56)59-41(34-15-11-9-12-16-34)35-17-13-10-14-18-35/h8-18,32,37,39-42H,1,19-31,33H2,2-7H3/t37-,39+,40-,42+,45+,46-,47-,48+,49+,50-/m0/s1. The molecule has 8 rings (SSSR count). The summed E-state index contributed by atoms with van der Waals surface area (Å²) in [6.07, 6.45) is 9.70. The molecule has 2 aromatic carbocycles. The van der Waals surface area contributed by atoms with Gasteiger partial charge in [-0.05, 0) is 122 Å². The van der Waals surface area contributed by atoms with Gasteiger partial charge in [0.25, 0.3) is 5.92 Å². The topological polar surface area (TPSA) is 72.9 Å². The number of esters is 2. The van der Waals surface area contributed by atoms with Crippen molar-refractivity contribution in [3.63, 3.8) is 0 Å². The molecule has 8 heteroatoms. The van der Waals surface area contributed by atoms with E-state index < -0.39 is 28.3 Å². The number of likely N-dealkylation sites (tertiary alicyclic amines) is 1. The van der Waals surface area contributed by atoms with Crippen LogP contribution in [0.1, 0.15) is 129 Å². The van der Waals surface area contributed by atoms with Gasteiger partial charge in [-0.25, -0.2) is 8.78 Å². The van der Waals surface area contributed by atoms with Gasteiger partial charge in [0.2, 0.25) is 0 Å². The maximum Gasteiger partial charge on any atom is 0.314 e. The van der Waals surface area contributed by atoms with E-state index in [0.29, 0.717) is 12.8 Å². The van der Waals surface area contributed by atoms with Crippen LogP contribution in [-0.2, 0) is 23.9 Å².